The lowest BCUT2D eigenvalue weighted by atomic mass is 10.1. The molecule has 0 radical (unpaired) electrons. The van der Waals surface area contributed by atoms with Gasteiger partial charge in [0.25, 0.3) is 5.56 Å². The van der Waals surface area contributed by atoms with Gasteiger partial charge in [-0.15, -0.1) is 0 Å². The molecule has 0 aliphatic carbocycles. The number of hydrogen-bond acceptors (Lipinski definition) is 7. The summed E-state index contributed by atoms with van der Waals surface area (Å²) in [6.07, 6.45) is 3.02. The highest BCUT2D eigenvalue weighted by Gasteiger charge is 2.22. The molecule has 0 fully saturated rings. The summed E-state index contributed by atoms with van der Waals surface area (Å²) < 4.78 is 18.8. The summed E-state index contributed by atoms with van der Waals surface area (Å²) in [6.45, 7) is 2.00. The van der Waals surface area contributed by atoms with Crippen LogP contribution in [0.4, 0.5) is 10.2 Å². The molecule has 0 aliphatic rings. The zero-order chi connectivity index (χ0) is 25.7. The first-order valence-electron chi connectivity index (χ1n) is 11.5. The van der Waals surface area contributed by atoms with E-state index in [-0.39, 0.29) is 29.7 Å². The maximum absolute atomic E-state index is 14.1. The topological polar surface area (TPSA) is 129 Å². The molecule has 0 bridgehead atoms. The fraction of sp³-hybridized carbons (Fsp3) is 0.115. The number of halogens is 1. The summed E-state index contributed by atoms with van der Waals surface area (Å²) in [6, 6.07) is 16.5. The average Bonchev–Trinajstić information content (AvgIpc) is 3.50. The van der Waals surface area contributed by atoms with E-state index in [1.807, 2.05) is 37.3 Å². The van der Waals surface area contributed by atoms with Gasteiger partial charge in [-0.25, -0.2) is 23.6 Å². The third-order valence-corrected chi connectivity index (χ3v) is 6.34. The summed E-state index contributed by atoms with van der Waals surface area (Å²) in [7, 11) is 0. The number of nitrogens with two attached hydrogens (primary N) is 1. The van der Waals surface area contributed by atoms with Crippen molar-refractivity contribution >= 4 is 22.4 Å². The molecule has 0 unspecified atom stereocenters. The summed E-state index contributed by atoms with van der Waals surface area (Å²) in [5.74, 6) is -0.295. The lowest BCUT2D eigenvalue weighted by molar-refractivity contribution is 0.469. The second-order valence-corrected chi connectivity index (χ2v) is 8.68. The predicted molar refractivity (Wildman–Crippen MR) is 136 cm³/mol. The van der Waals surface area contributed by atoms with Crippen molar-refractivity contribution in [2.24, 2.45) is 0 Å². The van der Waals surface area contributed by atoms with E-state index >= 15 is 0 Å². The van der Waals surface area contributed by atoms with Crippen LogP contribution in [-0.4, -0.2) is 39.0 Å². The summed E-state index contributed by atoms with van der Waals surface area (Å²) in [5.41, 5.74) is 8.36. The molecule has 11 heteroatoms. The minimum Gasteiger partial charge on any atom is -0.508 e. The van der Waals surface area contributed by atoms with Gasteiger partial charge in [0.1, 0.15) is 41.5 Å². The highest BCUT2D eigenvalue weighted by Crippen LogP contribution is 2.32. The van der Waals surface area contributed by atoms with Crippen LogP contribution in [0.5, 0.6) is 5.75 Å². The quantitative estimate of drug-likeness (QED) is 0.374. The molecule has 0 saturated carbocycles. The van der Waals surface area contributed by atoms with Crippen LogP contribution in [0.25, 0.3) is 27.8 Å². The van der Waals surface area contributed by atoms with Crippen molar-refractivity contribution in [3.63, 3.8) is 0 Å². The first kappa shape index (κ1) is 22.4. The fourth-order valence-corrected chi connectivity index (χ4v) is 4.62. The SMILES string of the molecule is C[C@@H](c1ccccc1)n1c(Cn2nc(-c3cc(O)cc(F)c3)c3c(N)ncnc32)nn2cccc2c1=O. The van der Waals surface area contributed by atoms with Crippen LogP contribution < -0.4 is 11.3 Å². The van der Waals surface area contributed by atoms with E-state index in [4.69, 9.17) is 10.8 Å². The molecule has 37 heavy (non-hydrogen) atoms. The normalized spacial score (nSPS) is 12.4. The van der Waals surface area contributed by atoms with Crippen molar-refractivity contribution in [1.29, 1.82) is 0 Å². The Labute approximate surface area is 209 Å². The molecule has 1 atom stereocenters. The van der Waals surface area contributed by atoms with Gasteiger partial charge in [0.15, 0.2) is 11.5 Å². The predicted octanol–water partition coefficient (Wildman–Crippen LogP) is 3.39. The number of anilines is 1. The maximum atomic E-state index is 14.1. The Morgan fingerprint density at radius 3 is 2.65 bits per heavy atom. The van der Waals surface area contributed by atoms with E-state index in [2.05, 4.69) is 15.1 Å². The number of phenolic OH excluding ortho intramolecular Hbond substituents is 1. The second kappa shape index (κ2) is 8.55. The van der Waals surface area contributed by atoms with Gasteiger partial charge in [0.05, 0.1) is 11.4 Å². The average molecular weight is 497 g/mol. The Morgan fingerprint density at radius 2 is 1.86 bits per heavy atom. The zero-order valence-corrected chi connectivity index (χ0v) is 19.7. The zero-order valence-electron chi connectivity index (χ0n) is 19.7. The molecule has 0 spiro atoms. The second-order valence-electron chi connectivity index (χ2n) is 8.68. The molecule has 10 nitrogen and oxygen atoms in total. The van der Waals surface area contributed by atoms with Crippen LogP contribution in [-0.2, 0) is 6.54 Å². The lowest BCUT2D eigenvalue weighted by Crippen LogP contribution is -2.31. The maximum Gasteiger partial charge on any atom is 0.278 e. The molecular weight excluding hydrogens is 475 g/mol. The number of nitrogen functional groups attached to an aromatic ring is 1. The summed E-state index contributed by atoms with van der Waals surface area (Å²) in [5, 5.41) is 19.8. The van der Waals surface area contributed by atoms with Crippen molar-refractivity contribution in [3.8, 4) is 17.0 Å². The van der Waals surface area contributed by atoms with Crippen LogP contribution in [0.2, 0.25) is 0 Å². The molecule has 2 aromatic carbocycles. The van der Waals surface area contributed by atoms with Gasteiger partial charge < -0.3 is 10.8 Å². The van der Waals surface area contributed by atoms with E-state index in [9.17, 15) is 14.3 Å². The number of fused-ring (bicyclic) bond motifs is 2. The van der Waals surface area contributed by atoms with E-state index in [0.717, 1.165) is 11.6 Å². The van der Waals surface area contributed by atoms with Gasteiger partial charge in [0, 0.05) is 17.8 Å². The summed E-state index contributed by atoms with van der Waals surface area (Å²) in [4.78, 5) is 22.0. The number of hydrogen-bond donors (Lipinski definition) is 2. The smallest absolute Gasteiger partial charge is 0.278 e. The van der Waals surface area contributed by atoms with Crippen LogP contribution in [0.1, 0.15) is 24.4 Å². The van der Waals surface area contributed by atoms with Gasteiger partial charge in [-0.2, -0.15) is 10.2 Å². The van der Waals surface area contributed by atoms with Crippen LogP contribution >= 0.6 is 0 Å². The highest BCUT2D eigenvalue weighted by atomic mass is 19.1. The van der Waals surface area contributed by atoms with E-state index in [0.29, 0.717) is 33.6 Å². The molecule has 3 N–H and O–H groups in total. The third-order valence-electron chi connectivity index (χ3n) is 6.34. The number of phenols is 1. The van der Waals surface area contributed by atoms with Crippen molar-refractivity contribution in [1.82, 2.24) is 33.9 Å². The van der Waals surface area contributed by atoms with Crippen molar-refractivity contribution < 1.29 is 9.50 Å². The van der Waals surface area contributed by atoms with Crippen molar-refractivity contribution in [3.05, 3.63) is 101 Å². The summed E-state index contributed by atoms with van der Waals surface area (Å²) >= 11 is 0. The highest BCUT2D eigenvalue weighted by molar-refractivity contribution is 5.98. The van der Waals surface area contributed by atoms with Gasteiger partial charge in [0.2, 0.25) is 0 Å². The van der Waals surface area contributed by atoms with E-state index < -0.39 is 5.82 Å². The van der Waals surface area contributed by atoms with Crippen LogP contribution in [0.3, 0.4) is 0 Å². The Morgan fingerprint density at radius 1 is 1.05 bits per heavy atom. The molecule has 4 heterocycles. The molecule has 4 aromatic heterocycles. The molecule has 184 valence electrons. The first-order valence-corrected chi connectivity index (χ1v) is 11.5. The molecule has 0 aliphatic heterocycles. The number of benzene rings is 2. The Hall–Kier alpha value is -5.06. The third kappa shape index (κ3) is 3.77. The fourth-order valence-electron chi connectivity index (χ4n) is 4.62. The van der Waals surface area contributed by atoms with Gasteiger partial charge in [-0.05, 0) is 36.8 Å². The monoisotopic (exact) mass is 496 g/mol. The molecule has 0 saturated heterocycles. The standard InChI is InChI=1S/C26H21FN8O2/c1-15(16-6-3-2-4-7-16)35-21(31-33-9-5-8-20(33)26(35)37)13-34-25-22(24(28)29-14-30-25)23(32-34)17-10-18(27)12-19(36)11-17/h2-12,14-15,36H,13H2,1H3,(H2,28,29,30)/t15-/m0/s1. The van der Waals surface area contributed by atoms with Crippen molar-refractivity contribution in [2.45, 2.75) is 19.5 Å². The number of nitrogens with zero attached hydrogens (tertiary/aromatic N) is 7. The molecule has 6 aromatic rings. The number of aromatic hydroxyl groups is 1. The van der Waals surface area contributed by atoms with Crippen molar-refractivity contribution in [2.75, 3.05) is 5.73 Å². The minimum atomic E-state index is -0.627. The van der Waals surface area contributed by atoms with E-state index in [1.54, 1.807) is 27.6 Å². The molecular formula is C26H21FN8O2. The van der Waals surface area contributed by atoms with E-state index in [1.165, 1.54) is 23.0 Å². The number of rotatable bonds is 5. The van der Waals surface area contributed by atoms with Gasteiger partial charge in [-0.1, -0.05) is 30.3 Å². The molecule has 0 amide bonds. The van der Waals surface area contributed by atoms with Gasteiger partial charge in [-0.3, -0.25) is 9.36 Å². The minimum absolute atomic E-state index is 0.0643. The molecule has 6 rings (SSSR count). The Kier molecular flexibility index (Phi) is 5.18. The van der Waals surface area contributed by atoms with Crippen LogP contribution in [0, 0.1) is 5.82 Å². The number of aromatic nitrogens is 7. The lowest BCUT2D eigenvalue weighted by Gasteiger charge is -2.20. The largest absolute Gasteiger partial charge is 0.508 e. The first-order chi connectivity index (χ1) is 17.9. The van der Waals surface area contributed by atoms with Crippen LogP contribution in [0.15, 0.2) is 78.0 Å². The van der Waals surface area contributed by atoms with Gasteiger partial charge >= 0.3 is 0 Å². The Balaban J connectivity index is 1.56. The Bertz CT molecular complexity index is 1820.